The van der Waals surface area contributed by atoms with Crippen LogP contribution in [0.4, 0.5) is 0 Å². The van der Waals surface area contributed by atoms with Crippen LogP contribution < -0.4 is 0 Å². The van der Waals surface area contributed by atoms with Gasteiger partial charge in [0.05, 0.1) is 13.2 Å². The smallest absolute Gasteiger partial charge is 0.104 e. The maximum absolute atomic E-state index is 10.5. The maximum atomic E-state index is 10.5. The van der Waals surface area contributed by atoms with Gasteiger partial charge < -0.3 is 15.3 Å². The standard InChI is InChI=1S/C21H20O3/c22-13-15-5-4-8-17(11-15)20-10-9-18(12-19(20)14-23)21(24)16-6-2-1-3-7-16/h1-12,21-24H,13-14H2. The third kappa shape index (κ3) is 3.39. The largest absolute Gasteiger partial charge is 0.392 e. The van der Waals surface area contributed by atoms with Crippen molar-refractivity contribution < 1.29 is 15.3 Å². The molecule has 0 saturated heterocycles. The van der Waals surface area contributed by atoms with E-state index in [1.54, 1.807) is 0 Å². The molecule has 0 spiro atoms. The zero-order chi connectivity index (χ0) is 16.9. The molecule has 3 rings (SSSR count). The van der Waals surface area contributed by atoms with E-state index in [1.165, 1.54) is 0 Å². The van der Waals surface area contributed by atoms with Crippen molar-refractivity contribution in [2.45, 2.75) is 19.3 Å². The van der Waals surface area contributed by atoms with Crippen LogP contribution in [0.3, 0.4) is 0 Å². The molecule has 3 nitrogen and oxygen atoms in total. The summed E-state index contributed by atoms with van der Waals surface area (Å²) in [4.78, 5) is 0. The Kier molecular flexibility index (Phi) is 5.06. The first-order chi connectivity index (χ1) is 11.7. The summed E-state index contributed by atoms with van der Waals surface area (Å²) < 4.78 is 0. The van der Waals surface area contributed by atoms with Gasteiger partial charge in [-0.25, -0.2) is 0 Å². The number of hydrogen-bond donors (Lipinski definition) is 3. The summed E-state index contributed by atoms with van der Waals surface area (Å²) in [5.41, 5.74) is 4.97. The highest BCUT2D eigenvalue weighted by Crippen LogP contribution is 2.29. The van der Waals surface area contributed by atoms with Crippen LogP contribution in [-0.2, 0) is 13.2 Å². The molecule has 0 aromatic heterocycles. The highest BCUT2D eigenvalue weighted by molar-refractivity contribution is 5.68. The van der Waals surface area contributed by atoms with Crippen LogP contribution in [0.15, 0.2) is 72.8 Å². The average molecular weight is 320 g/mol. The van der Waals surface area contributed by atoms with Crippen LogP contribution in [0, 0.1) is 0 Å². The SMILES string of the molecule is OCc1cccc(-c2ccc(C(O)c3ccccc3)cc2CO)c1. The van der Waals surface area contributed by atoms with Crippen LogP contribution >= 0.6 is 0 Å². The van der Waals surface area contributed by atoms with E-state index in [-0.39, 0.29) is 13.2 Å². The highest BCUT2D eigenvalue weighted by Gasteiger charge is 2.13. The van der Waals surface area contributed by atoms with Gasteiger partial charge in [-0.2, -0.15) is 0 Å². The van der Waals surface area contributed by atoms with Crippen LogP contribution in [-0.4, -0.2) is 15.3 Å². The van der Waals surface area contributed by atoms with Crippen molar-refractivity contribution in [2.24, 2.45) is 0 Å². The number of hydrogen-bond acceptors (Lipinski definition) is 3. The number of benzene rings is 3. The van der Waals surface area contributed by atoms with Gasteiger partial charge in [0.2, 0.25) is 0 Å². The van der Waals surface area contributed by atoms with E-state index in [0.717, 1.165) is 33.4 Å². The van der Waals surface area contributed by atoms with E-state index in [0.29, 0.717) is 0 Å². The third-order valence-corrected chi connectivity index (χ3v) is 4.15. The molecule has 3 heteroatoms. The third-order valence-electron chi connectivity index (χ3n) is 4.15. The molecule has 3 aromatic rings. The summed E-state index contributed by atoms with van der Waals surface area (Å²) in [5.74, 6) is 0. The monoisotopic (exact) mass is 320 g/mol. The van der Waals surface area contributed by atoms with Crippen molar-refractivity contribution in [3.8, 4) is 11.1 Å². The fraction of sp³-hybridized carbons (Fsp3) is 0.143. The summed E-state index contributed by atoms with van der Waals surface area (Å²) in [6, 6.07) is 22.6. The van der Waals surface area contributed by atoms with E-state index < -0.39 is 6.10 Å². The van der Waals surface area contributed by atoms with Gasteiger partial charge in [0.15, 0.2) is 0 Å². The predicted octanol–water partition coefficient (Wildman–Crippen LogP) is 3.42. The van der Waals surface area contributed by atoms with Gasteiger partial charge in [0, 0.05) is 0 Å². The Morgan fingerprint density at radius 3 is 2.21 bits per heavy atom. The molecule has 3 N–H and O–H groups in total. The van der Waals surface area contributed by atoms with Gasteiger partial charge in [-0.3, -0.25) is 0 Å². The number of aliphatic hydroxyl groups is 3. The molecule has 1 unspecified atom stereocenters. The minimum absolute atomic E-state index is 0.0207. The molecular formula is C21H20O3. The molecule has 1 atom stereocenters. The molecule has 0 aliphatic rings. The summed E-state index contributed by atoms with van der Waals surface area (Å²) in [7, 11) is 0. The fourth-order valence-electron chi connectivity index (χ4n) is 2.86. The normalized spacial score (nSPS) is 12.1. The molecule has 0 radical (unpaired) electrons. The fourth-order valence-corrected chi connectivity index (χ4v) is 2.86. The molecule has 0 aliphatic heterocycles. The molecule has 122 valence electrons. The van der Waals surface area contributed by atoms with Gasteiger partial charge in [0.25, 0.3) is 0 Å². The second-order valence-corrected chi connectivity index (χ2v) is 5.75. The van der Waals surface area contributed by atoms with Crippen LogP contribution in [0.2, 0.25) is 0 Å². The van der Waals surface area contributed by atoms with Crippen molar-refractivity contribution in [2.75, 3.05) is 0 Å². The summed E-state index contributed by atoms with van der Waals surface area (Å²) >= 11 is 0. The van der Waals surface area contributed by atoms with Gasteiger partial charge >= 0.3 is 0 Å². The molecule has 0 amide bonds. The van der Waals surface area contributed by atoms with Crippen molar-refractivity contribution in [3.05, 3.63) is 95.1 Å². The molecule has 0 heterocycles. The Bertz CT molecular complexity index is 812. The highest BCUT2D eigenvalue weighted by atomic mass is 16.3. The Morgan fingerprint density at radius 2 is 1.50 bits per heavy atom. The number of aliphatic hydroxyl groups excluding tert-OH is 3. The number of rotatable bonds is 5. The van der Waals surface area contributed by atoms with Crippen molar-refractivity contribution in [3.63, 3.8) is 0 Å². The lowest BCUT2D eigenvalue weighted by Gasteiger charge is -2.15. The zero-order valence-electron chi connectivity index (χ0n) is 13.3. The molecule has 0 bridgehead atoms. The predicted molar refractivity (Wildman–Crippen MR) is 94.2 cm³/mol. The molecule has 3 aromatic carbocycles. The Balaban J connectivity index is 1.99. The zero-order valence-corrected chi connectivity index (χ0v) is 13.3. The van der Waals surface area contributed by atoms with E-state index in [2.05, 4.69) is 0 Å². The van der Waals surface area contributed by atoms with E-state index in [1.807, 2.05) is 72.8 Å². The van der Waals surface area contributed by atoms with Crippen LogP contribution in [0.25, 0.3) is 11.1 Å². The Hall–Kier alpha value is -2.46. The van der Waals surface area contributed by atoms with E-state index in [9.17, 15) is 15.3 Å². The van der Waals surface area contributed by atoms with Gasteiger partial charge in [-0.1, -0.05) is 60.7 Å². The Labute approximate surface area is 141 Å². The first-order valence-corrected chi connectivity index (χ1v) is 7.90. The molecule has 0 aliphatic carbocycles. The summed E-state index contributed by atoms with van der Waals surface area (Å²) in [6.45, 7) is -0.138. The van der Waals surface area contributed by atoms with Gasteiger partial charge in [-0.15, -0.1) is 0 Å². The average Bonchev–Trinajstić information content (AvgIpc) is 2.67. The summed E-state index contributed by atoms with van der Waals surface area (Å²) in [6.07, 6.45) is -0.727. The van der Waals surface area contributed by atoms with Crippen LogP contribution in [0.1, 0.15) is 28.4 Å². The van der Waals surface area contributed by atoms with Crippen molar-refractivity contribution in [1.29, 1.82) is 0 Å². The first kappa shape index (κ1) is 16.4. The first-order valence-electron chi connectivity index (χ1n) is 7.90. The van der Waals surface area contributed by atoms with Crippen molar-refractivity contribution in [1.82, 2.24) is 0 Å². The molecule has 0 fully saturated rings. The van der Waals surface area contributed by atoms with E-state index >= 15 is 0 Å². The lowest BCUT2D eigenvalue weighted by molar-refractivity contribution is 0.219. The minimum atomic E-state index is -0.727. The minimum Gasteiger partial charge on any atom is -0.392 e. The Morgan fingerprint density at radius 1 is 0.708 bits per heavy atom. The topological polar surface area (TPSA) is 60.7 Å². The lowest BCUT2D eigenvalue weighted by atomic mass is 9.93. The second-order valence-electron chi connectivity index (χ2n) is 5.75. The second kappa shape index (κ2) is 7.41. The van der Waals surface area contributed by atoms with Gasteiger partial charge in [0.1, 0.15) is 6.10 Å². The molecule has 24 heavy (non-hydrogen) atoms. The van der Waals surface area contributed by atoms with Gasteiger partial charge in [-0.05, 0) is 45.5 Å². The van der Waals surface area contributed by atoms with Crippen molar-refractivity contribution >= 4 is 0 Å². The quantitative estimate of drug-likeness (QED) is 0.675. The lowest BCUT2D eigenvalue weighted by Crippen LogP contribution is -2.01. The molecular weight excluding hydrogens is 300 g/mol. The summed E-state index contributed by atoms with van der Waals surface area (Å²) in [5, 5.41) is 29.6. The van der Waals surface area contributed by atoms with Crippen LogP contribution in [0.5, 0.6) is 0 Å². The molecule has 0 saturated carbocycles. The maximum Gasteiger partial charge on any atom is 0.104 e. The van der Waals surface area contributed by atoms with E-state index in [4.69, 9.17) is 0 Å².